The summed E-state index contributed by atoms with van der Waals surface area (Å²) in [5, 5.41) is 3.58. The van der Waals surface area contributed by atoms with E-state index in [1.165, 1.54) is 36.6 Å². The molecule has 2 aromatic carbocycles. The zero-order valence-corrected chi connectivity index (χ0v) is 16.6. The van der Waals surface area contributed by atoms with E-state index in [0.717, 1.165) is 5.52 Å². The van der Waals surface area contributed by atoms with Crippen LogP contribution in [0.3, 0.4) is 0 Å². The van der Waals surface area contributed by atoms with E-state index < -0.39 is 12.3 Å². The van der Waals surface area contributed by atoms with Crippen molar-refractivity contribution in [1.29, 1.82) is 0 Å². The Morgan fingerprint density at radius 1 is 1.17 bits per heavy atom. The van der Waals surface area contributed by atoms with Crippen molar-refractivity contribution in [3.8, 4) is 5.75 Å². The van der Waals surface area contributed by atoms with Crippen LogP contribution in [-0.2, 0) is 11.3 Å². The summed E-state index contributed by atoms with van der Waals surface area (Å²) in [4.78, 5) is 20.7. The molecule has 0 aliphatic carbocycles. The maximum absolute atomic E-state index is 12.4. The van der Waals surface area contributed by atoms with Gasteiger partial charge in [0.15, 0.2) is 5.13 Å². The van der Waals surface area contributed by atoms with Gasteiger partial charge in [0.05, 0.1) is 33.9 Å². The summed E-state index contributed by atoms with van der Waals surface area (Å²) >= 11 is 1.18. The lowest BCUT2D eigenvalue weighted by molar-refractivity contribution is -0.274. The second-order valence-electron chi connectivity index (χ2n) is 6.20. The highest BCUT2D eigenvalue weighted by molar-refractivity contribution is 7.22. The molecule has 0 unspecified atom stereocenters. The lowest BCUT2D eigenvalue weighted by atomic mass is 10.2. The third-order valence-electron chi connectivity index (χ3n) is 4.30. The number of hydrogen-bond acceptors (Lipinski definition) is 7. The van der Waals surface area contributed by atoms with E-state index in [2.05, 4.69) is 20.0 Å². The number of aryl methyl sites for hydroxylation is 1. The van der Waals surface area contributed by atoms with Crippen LogP contribution in [0.15, 0.2) is 36.4 Å². The lowest BCUT2D eigenvalue weighted by Gasteiger charge is -2.07. The number of ether oxygens (including phenoxy) is 2. The first kappa shape index (κ1) is 20.0. The van der Waals surface area contributed by atoms with Gasteiger partial charge in [0, 0.05) is 12.6 Å². The van der Waals surface area contributed by atoms with E-state index >= 15 is 0 Å². The number of nitrogens with one attached hydrogen (secondary N) is 1. The number of nitrogens with zero attached hydrogens (tertiary/aromatic N) is 3. The largest absolute Gasteiger partial charge is 0.573 e. The maximum Gasteiger partial charge on any atom is 0.573 e. The molecule has 0 radical (unpaired) electrons. The van der Waals surface area contributed by atoms with Crippen LogP contribution in [0.1, 0.15) is 17.3 Å². The van der Waals surface area contributed by atoms with Crippen LogP contribution < -0.4 is 10.1 Å². The van der Waals surface area contributed by atoms with Crippen molar-refractivity contribution in [2.45, 2.75) is 19.8 Å². The summed E-state index contributed by atoms with van der Waals surface area (Å²) in [5.74, 6) is -0.262. The molecule has 0 aliphatic rings. The molecule has 2 heterocycles. The molecule has 1 N–H and O–H groups in total. The number of fused-ring (bicyclic) bond motifs is 2. The molecule has 0 fully saturated rings. The number of thiazole rings is 1. The van der Waals surface area contributed by atoms with Crippen LogP contribution in [0.4, 0.5) is 24.3 Å². The molecule has 0 saturated heterocycles. The van der Waals surface area contributed by atoms with E-state index in [-0.39, 0.29) is 5.75 Å². The number of alkyl halides is 3. The van der Waals surface area contributed by atoms with Crippen LogP contribution in [0, 0.1) is 0 Å². The fourth-order valence-corrected chi connectivity index (χ4v) is 3.93. The number of esters is 1. The van der Waals surface area contributed by atoms with Gasteiger partial charge >= 0.3 is 12.3 Å². The van der Waals surface area contributed by atoms with Gasteiger partial charge in [-0.2, -0.15) is 0 Å². The van der Waals surface area contributed by atoms with E-state index in [0.29, 0.717) is 38.9 Å². The van der Waals surface area contributed by atoms with Crippen molar-refractivity contribution in [1.82, 2.24) is 14.5 Å². The van der Waals surface area contributed by atoms with Gasteiger partial charge in [-0.15, -0.1) is 13.2 Å². The Hall–Kier alpha value is -3.34. The van der Waals surface area contributed by atoms with Crippen molar-refractivity contribution in [3.63, 3.8) is 0 Å². The fraction of sp³-hybridized carbons (Fsp3) is 0.211. The molecule has 4 aromatic rings. The van der Waals surface area contributed by atoms with Gasteiger partial charge in [-0.05, 0) is 37.3 Å². The highest BCUT2D eigenvalue weighted by Crippen LogP contribution is 2.33. The predicted molar refractivity (Wildman–Crippen MR) is 106 cm³/mol. The number of benzene rings is 2. The fourth-order valence-electron chi connectivity index (χ4n) is 3.04. The zero-order chi connectivity index (χ0) is 21.5. The number of imidazole rings is 1. The Kier molecular flexibility index (Phi) is 4.98. The van der Waals surface area contributed by atoms with Gasteiger partial charge in [-0.1, -0.05) is 11.3 Å². The molecule has 0 amide bonds. The normalized spacial score (nSPS) is 11.8. The van der Waals surface area contributed by atoms with Crippen molar-refractivity contribution in [2.75, 3.05) is 12.4 Å². The van der Waals surface area contributed by atoms with Gasteiger partial charge in [0.1, 0.15) is 5.75 Å². The van der Waals surface area contributed by atoms with Crippen LogP contribution in [-0.4, -0.2) is 34.0 Å². The summed E-state index contributed by atoms with van der Waals surface area (Å²) in [7, 11) is 1.31. The Balaban J connectivity index is 1.67. The number of carbonyl (C=O) groups excluding carboxylic acids is 1. The minimum absolute atomic E-state index is 0.304. The first-order valence-corrected chi connectivity index (χ1v) is 9.61. The van der Waals surface area contributed by atoms with E-state index in [1.54, 1.807) is 18.2 Å². The van der Waals surface area contributed by atoms with Crippen molar-refractivity contribution >= 4 is 49.6 Å². The number of rotatable bonds is 5. The van der Waals surface area contributed by atoms with Crippen LogP contribution in [0.2, 0.25) is 0 Å². The van der Waals surface area contributed by atoms with E-state index in [9.17, 15) is 18.0 Å². The summed E-state index contributed by atoms with van der Waals surface area (Å²) in [6.45, 7) is 2.55. The molecule has 0 bridgehead atoms. The molecule has 0 spiro atoms. The molecule has 0 saturated carbocycles. The number of aromatic nitrogens is 3. The quantitative estimate of drug-likeness (QED) is 0.439. The first-order chi connectivity index (χ1) is 14.3. The third kappa shape index (κ3) is 3.88. The zero-order valence-electron chi connectivity index (χ0n) is 15.8. The van der Waals surface area contributed by atoms with Gasteiger partial charge in [0.25, 0.3) is 0 Å². The molecular weight excluding hydrogens is 421 g/mol. The number of methoxy groups -OCH3 is 1. The van der Waals surface area contributed by atoms with Crippen LogP contribution >= 0.6 is 11.3 Å². The molecule has 156 valence electrons. The van der Waals surface area contributed by atoms with Crippen molar-refractivity contribution < 1.29 is 27.4 Å². The lowest BCUT2D eigenvalue weighted by Crippen LogP contribution is -2.16. The Morgan fingerprint density at radius 3 is 2.67 bits per heavy atom. The van der Waals surface area contributed by atoms with Crippen LogP contribution in [0.25, 0.3) is 21.3 Å². The minimum Gasteiger partial charge on any atom is -0.465 e. The topological polar surface area (TPSA) is 78.3 Å². The molecule has 0 atom stereocenters. The van der Waals surface area contributed by atoms with Crippen molar-refractivity contribution in [3.05, 3.63) is 42.0 Å². The summed E-state index contributed by atoms with van der Waals surface area (Å²) in [6.07, 6.45) is -4.76. The number of hydrogen-bond donors (Lipinski definition) is 1. The second kappa shape index (κ2) is 7.48. The average molecular weight is 436 g/mol. The standard InChI is InChI=1S/C19H15F3N4O3S/c1-3-26-14-7-4-10(16(27)28-2)8-13(14)23-17(26)25-18-24-12-6-5-11(9-15(12)30-18)29-19(20,21)22/h4-9H,3H2,1-2H3,(H,23,24,25). The molecular formula is C19H15F3N4O3S. The summed E-state index contributed by atoms with van der Waals surface area (Å²) < 4.78 is 48.4. The average Bonchev–Trinajstić information content (AvgIpc) is 3.24. The maximum atomic E-state index is 12.4. The first-order valence-electron chi connectivity index (χ1n) is 8.79. The predicted octanol–water partition coefficient (Wildman–Crippen LogP) is 5.09. The smallest absolute Gasteiger partial charge is 0.465 e. The molecule has 2 aromatic heterocycles. The Labute approximate surface area is 172 Å². The number of halogens is 3. The van der Waals surface area contributed by atoms with E-state index in [1.807, 2.05) is 11.5 Å². The van der Waals surface area contributed by atoms with Gasteiger partial charge in [-0.25, -0.2) is 14.8 Å². The van der Waals surface area contributed by atoms with Crippen molar-refractivity contribution in [2.24, 2.45) is 0 Å². The SMILES string of the molecule is CCn1c(Nc2nc3ccc(OC(F)(F)F)cc3s2)nc2cc(C(=O)OC)ccc21. The van der Waals surface area contributed by atoms with Gasteiger partial charge in [-0.3, -0.25) is 0 Å². The molecule has 0 aliphatic heterocycles. The van der Waals surface area contributed by atoms with Gasteiger partial charge < -0.3 is 19.4 Å². The van der Waals surface area contributed by atoms with Gasteiger partial charge in [0.2, 0.25) is 5.95 Å². The molecule has 30 heavy (non-hydrogen) atoms. The third-order valence-corrected chi connectivity index (χ3v) is 5.23. The van der Waals surface area contributed by atoms with Crippen LogP contribution in [0.5, 0.6) is 5.75 Å². The molecule has 11 heteroatoms. The Bertz CT molecular complexity index is 1250. The summed E-state index contributed by atoms with van der Waals surface area (Å²) in [6, 6.07) is 9.04. The highest BCUT2D eigenvalue weighted by atomic mass is 32.1. The highest BCUT2D eigenvalue weighted by Gasteiger charge is 2.31. The second-order valence-corrected chi connectivity index (χ2v) is 7.23. The monoisotopic (exact) mass is 436 g/mol. The minimum atomic E-state index is -4.76. The Morgan fingerprint density at radius 2 is 1.97 bits per heavy atom. The number of anilines is 2. The molecule has 4 rings (SSSR count). The van der Waals surface area contributed by atoms with E-state index in [4.69, 9.17) is 4.74 Å². The summed E-state index contributed by atoms with van der Waals surface area (Å²) in [5.41, 5.74) is 2.33. The number of carbonyl (C=O) groups is 1. The molecule has 7 nitrogen and oxygen atoms in total.